The zero-order valence-electron chi connectivity index (χ0n) is 10.6. The molecule has 3 nitrogen and oxygen atoms in total. The van der Waals surface area contributed by atoms with E-state index in [4.69, 9.17) is 0 Å². The molecule has 1 heterocycles. The average molecular weight is 314 g/mol. The van der Waals surface area contributed by atoms with Crippen molar-refractivity contribution in [1.29, 1.82) is 0 Å². The Morgan fingerprint density at radius 3 is 2.33 bits per heavy atom. The zero-order chi connectivity index (χ0) is 15.7. The van der Waals surface area contributed by atoms with E-state index in [0.29, 0.717) is 18.2 Å². The minimum atomic E-state index is -5.55. The molecule has 0 unspecified atom stereocenters. The molecule has 1 aliphatic carbocycles. The lowest BCUT2D eigenvalue weighted by Gasteiger charge is -2.23. The number of pyridine rings is 1. The molecule has 0 aromatic carbocycles. The molecule has 9 heteroatoms. The minimum absolute atomic E-state index is 0.340. The normalized spacial score (nSPS) is 16.3. The third kappa shape index (κ3) is 4.76. The number of nitrogens with one attached hydrogen (secondary N) is 1. The summed E-state index contributed by atoms with van der Waals surface area (Å²) in [6, 6.07) is 2.93. The SMILES string of the molecule is FC(F)(F)C(Oc1cc(CNC2CC2)ccn1)C(F)(F)F. The number of hydrogen-bond acceptors (Lipinski definition) is 3. The van der Waals surface area contributed by atoms with Crippen LogP contribution < -0.4 is 10.1 Å². The highest BCUT2D eigenvalue weighted by molar-refractivity contribution is 5.21. The van der Waals surface area contributed by atoms with Gasteiger partial charge in [-0.3, -0.25) is 0 Å². The van der Waals surface area contributed by atoms with E-state index in [2.05, 4.69) is 15.0 Å². The van der Waals surface area contributed by atoms with E-state index in [1.807, 2.05) is 0 Å². The molecule has 0 atom stereocenters. The van der Waals surface area contributed by atoms with Crippen molar-refractivity contribution in [3.8, 4) is 5.88 Å². The van der Waals surface area contributed by atoms with E-state index in [1.165, 1.54) is 6.07 Å². The zero-order valence-corrected chi connectivity index (χ0v) is 10.6. The van der Waals surface area contributed by atoms with Gasteiger partial charge in [-0.15, -0.1) is 0 Å². The monoisotopic (exact) mass is 314 g/mol. The summed E-state index contributed by atoms with van der Waals surface area (Å²) in [5, 5.41) is 3.09. The van der Waals surface area contributed by atoms with Gasteiger partial charge in [0.25, 0.3) is 6.10 Å². The van der Waals surface area contributed by atoms with E-state index in [-0.39, 0.29) is 0 Å². The van der Waals surface area contributed by atoms with E-state index in [9.17, 15) is 26.3 Å². The van der Waals surface area contributed by atoms with Crippen molar-refractivity contribution in [2.24, 2.45) is 0 Å². The fourth-order valence-corrected chi connectivity index (χ4v) is 1.61. The molecule has 0 radical (unpaired) electrons. The Morgan fingerprint density at radius 2 is 1.81 bits per heavy atom. The number of hydrogen-bond donors (Lipinski definition) is 1. The van der Waals surface area contributed by atoms with Crippen molar-refractivity contribution >= 4 is 0 Å². The summed E-state index contributed by atoms with van der Waals surface area (Å²) in [5.74, 6) is -0.704. The van der Waals surface area contributed by atoms with E-state index >= 15 is 0 Å². The van der Waals surface area contributed by atoms with Gasteiger partial charge >= 0.3 is 12.4 Å². The highest BCUT2D eigenvalue weighted by atomic mass is 19.4. The van der Waals surface area contributed by atoms with E-state index in [0.717, 1.165) is 25.1 Å². The summed E-state index contributed by atoms with van der Waals surface area (Å²) >= 11 is 0. The van der Waals surface area contributed by atoms with Gasteiger partial charge in [0.2, 0.25) is 5.88 Å². The van der Waals surface area contributed by atoms with Gasteiger partial charge in [0, 0.05) is 24.8 Å². The molecule has 0 amide bonds. The third-order valence-electron chi connectivity index (χ3n) is 2.80. The first kappa shape index (κ1) is 15.9. The number of rotatable bonds is 5. The Hall–Kier alpha value is -1.51. The van der Waals surface area contributed by atoms with Crippen molar-refractivity contribution in [3.63, 3.8) is 0 Å². The van der Waals surface area contributed by atoms with Crippen LogP contribution in [0.3, 0.4) is 0 Å². The fraction of sp³-hybridized carbons (Fsp3) is 0.583. The Morgan fingerprint density at radius 1 is 1.19 bits per heavy atom. The first-order chi connectivity index (χ1) is 9.66. The van der Waals surface area contributed by atoms with Crippen molar-refractivity contribution in [1.82, 2.24) is 10.3 Å². The van der Waals surface area contributed by atoms with Crippen LogP contribution in [-0.4, -0.2) is 29.5 Å². The van der Waals surface area contributed by atoms with Gasteiger partial charge in [-0.2, -0.15) is 26.3 Å². The molecule has 1 N–H and O–H groups in total. The topological polar surface area (TPSA) is 34.1 Å². The fourth-order valence-electron chi connectivity index (χ4n) is 1.61. The molecular weight excluding hydrogens is 302 g/mol. The standard InChI is InChI=1S/C12H12F6N2O/c13-11(14,15)10(12(16,17)18)21-9-5-7(3-4-19-9)6-20-8-1-2-8/h3-5,8,10,20H,1-2,6H2. The highest BCUT2D eigenvalue weighted by Gasteiger charge is 2.59. The molecule has 1 aromatic rings. The second-order valence-electron chi connectivity index (χ2n) is 4.74. The maximum atomic E-state index is 12.4. The molecule has 0 spiro atoms. The van der Waals surface area contributed by atoms with Crippen molar-refractivity contribution in [2.75, 3.05) is 0 Å². The van der Waals surface area contributed by atoms with Gasteiger partial charge in [-0.1, -0.05) is 0 Å². The van der Waals surface area contributed by atoms with Crippen molar-refractivity contribution in [3.05, 3.63) is 23.9 Å². The van der Waals surface area contributed by atoms with Crippen LogP contribution in [0.1, 0.15) is 18.4 Å². The molecule has 0 bridgehead atoms. The second kappa shape index (κ2) is 5.70. The predicted octanol–water partition coefficient (Wildman–Crippen LogP) is 3.21. The van der Waals surface area contributed by atoms with Gasteiger partial charge in [0.1, 0.15) is 0 Å². The quantitative estimate of drug-likeness (QED) is 0.848. The molecule has 0 saturated heterocycles. The molecule has 1 fully saturated rings. The maximum absolute atomic E-state index is 12.4. The van der Waals surface area contributed by atoms with E-state index < -0.39 is 24.3 Å². The minimum Gasteiger partial charge on any atom is -0.455 e. The van der Waals surface area contributed by atoms with Crippen LogP contribution in [0.4, 0.5) is 26.3 Å². The van der Waals surface area contributed by atoms with Gasteiger partial charge in [-0.05, 0) is 24.5 Å². The van der Waals surface area contributed by atoms with Crippen molar-refractivity contribution in [2.45, 2.75) is 43.9 Å². The van der Waals surface area contributed by atoms with Crippen LogP contribution >= 0.6 is 0 Å². The molecule has 0 aliphatic heterocycles. The smallest absolute Gasteiger partial charge is 0.434 e. The second-order valence-corrected chi connectivity index (χ2v) is 4.74. The first-order valence-corrected chi connectivity index (χ1v) is 6.14. The van der Waals surface area contributed by atoms with Crippen LogP contribution in [0.2, 0.25) is 0 Å². The van der Waals surface area contributed by atoms with Gasteiger partial charge < -0.3 is 10.1 Å². The summed E-state index contributed by atoms with van der Waals surface area (Å²) in [7, 11) is 0. The molecule has 1 aliphatic rings. The lowest BCUT2D eigenvalue weighted by Crippen LogP contribution is -2.46. The molecule has 118 valence electrons. The molecule has 21 heavy (non-hydrogen) atoms. The Bertz CT molecular complexity index is 469. The first-order valence-electron chi connectivity index (χ1n) is 6.14. The Kier molecular flexibility index (Phi) is 4.31. The van der Waals surface area contributed by atoms with Crippen LogP contribution in [0.25, 0.3) is 0 Å². The van der Waals surface area contributed by atoms with Gasteiger partial charge in [0.05, 0.1) is 0 Å². The Labute approximate surface area is 116 Å². The van der Waals surface area contributed by atoms with E-state index in [1.54, 1.807) is 0 Å². The number of ether oxygens (including phenoxy) is 1. The number of aromatic nitrogens is 1. The lowest BCUT2D eigenvalue weighted by molar-refractivity contribution is -0.300. The Balaban J connectivity index is 2.07. The summed E-state index contributed by atoms with van der Waals surface area (Å²) in [5.41, 5.74) is 0.509. The largest absolute Gasteiger partial charge is 0.455 e. The third-order valence-corrected chi connectivity index (χ3v) is 2.80. The highest BCUT2D eigenvalue weighted by Crippen LogP contribution is 2.36. The van der Waals surface area contributed by atoms with Crippen LogP contribution in [0, 0.1) is 0 Å². The molecule has 1 saturated carbocycles. The van der Waals surface area contributed by atoms with Crippen LogP contribution in [0.15, 0.2) is 18.3 Å². The molecule has 1 aromatic heterocycles. The van der Waals surface area contributed by atoms with Gasteiger partial charge in [-0.25, -0.2) is 4.98 Å². The number of halogens is 6. The average Bonchev–Trinajstić information content (AvgIpc) is 3.15. The van der Waals surface area contributed by atoms with Crippen LogP contribution in [-0.2, 0) is 6.54 Å². The molecule has 2 rings (SSSR count). The molecular formula is C12H12F6N2O. The summed E-state index contributed by atoms with van der Waals surface area (Å²) < 4.78 is 78.3. The number of alkyl halides is 6. The summed E-state index contributed by atoms with van der Waals surface area (Å²) in [6.45, 7) is 0.340. The number of nitrogens with zero attached hydrogens (tertiary/aromatic N) is 1. The predicted molar refractivity (Wildman–Crippen MR) is 60.6 cm³/mol. The summed E-state index contributed by atoms with van der Waals surface area (Å²) in [6.07, 6.45) is -11.9. The van der Waals surface area contributed by atoms with Crippen molar-refractivity contribution < 1.29 is 31.1 Å². The van der Waals surface area contributed by atoms with Crippen LogP contribution in [0.5, 0.6) is 5.88 Å². The lowest BCUT2D eigenvalue weighted by atomic mass is 10.2. The van der Waals surface area contributed by atoms with Gasteiger partial charge in [0.15, 0.2) is 0 Å². The summed E-state index contributed by atoms with van der Waals surface area (Å²) in [4.78, 5) is 3.40. The maximum Gasteiger partial charge on any atom is 0.434 e.